The summed E-state index contributed by atoms with van der Waals surface area (Å²) in [5, 5.41) is 17.4. The molecule has 1 aliphatic carbocycles. The molecule has 2 aromatic heterocycles. The van der Waals surface area contributed by atoms with E-state index in [0.717, 1.165) is 28.3 Å². The summed E-state index contributed by atoms with van der Waals surface area (Å²) in [5.74, 6) is -2.15. The lowest BCUT2D eigenvalue weighted by atomic mass is 10.2. The number of rotatable bonds is 6. The van der Waals surface area contributed by atoms with Crippen LogP contribution in [0.5, 0.6) is 5.88 Å². The number of carbonyl (C=O) groups is 2. The Bertz CT molecular complexity index is 1210. The van der Waals surface area contributed by atoms with E-state index in [4.69, 9.17) is 0 Å². The van der Waals surface area contributed by atoms with Gasteiger partial charge in [0.05, 0.1) is 6.20 Å². The maximum absolute atomic E-state index is 13.2. The van der Waals surface area contributed by atoms with Gasteiger partial charge in [-0.3, -0.25) is 19.0 Å². The van der Waals surface area contributed by atoms with Gasteiger partial charge in [0.1, 0.15) is 11.7 Å². The number of nitrogens with one attached hydrogen (secondary N) is 1. The zero-order valence-electron chi connectivity index (χ0n) is 18.8. The van der Waals surface area contributed by atoms with Crippen LogP contribution in [0.15, 0.2) is 17.1 Å². The molecule has 2 amide bonds. The van der Waals surface area contributed by atoms with E-state index in [2.05, 4.69) is 10.4 Å². The highest BCUT2D eigenvalue weighted by atomic mass is 19.4. The summed E-state index contributed by atoms with van der Waals surface area (Å²) in [7, 11) is 0. The Morgan fingerprint density at radius 1 is 1.29 bits per heavy atom. The van der Waals surface area contributed by atoms with E-state index >= 15 is 0 Å². The van der Waals surface area contributed by atoms with Crippen molar-refractivity contribution in [2.45, 2.75) is 64.3 Å². The molecule has 2 aliphatic rings. The third-order valence-electron chi connectivity index (χ3n) is 5.92. The van der Waals surface area contributed by atoms with E-state index in [1.54, 1.807) is 0 Å². The standard InChI is InChI=1S/C22H26F3N5O4/c1-12(2)11-29-19-13(5-8-16(31)28-9-3-4-15(28)22(23,24)25)10-26-30(19)21(34)17(20(29)33)18(32)27-14-6-7-14/h5,8,10,12,14-15,34H,3-4,6-7,9,11H2,1-2H3,(H,27,32). The molecule has 1 atom stereocenters. The van der Waals surface area contributed by atoms with Crippen molar-refractivity contribution < 1.29 is 27.9 Å². The lowest BCUT2D eigenvalue weighted by Gasteiger charge is -2.25. The second kappa shape index (κ2) is 8.80. The van der Waals surface area contributed by atoms with E-state index in [0.29, 0.717) is 0 Å². The first-order valence-corrected chi connectivity index (χ1v) is 11.2. The SMILES string of the molecule is CC(C)Cn1c(=O)c(C(=O)NC2CC2)c(O)n2ncc(C=CC(=O)N3CCCC3C(F)(F)F)c12. The Balaban J connectivity index is 1.73. The third kappa shape index (κ3) is 4.53. The first-order chi connectivity index (χ1) is 16.0. The van der Waals surface area contributed by atoms with Crippen LogP contribution in [0.4, 0.5) is 13.2 Å². The fourth-order valence-electron chi connectivity index (χ4n) is 4.18. The number of nitrogens with zero attached hydrogens (tertiary/aromatic N) is 4. The highest BCUT2D eigenvalue weighted by Crippen LogP contribution is 2.33. The summed E-state index contributed by atoms with van der Waals surface area (Å²) in [5.41, 5.74) is -0.759. The summed E-state index contributed by atoms with van der Waals surface area (Å²) in [6.07, 6.45) is 0.763. The molecule has 2 fully saturated rings. The van der Waals surface area contributed by atoms with E-state index in [1.807, 2.05) is 13.8 Å². The van der Waals surface area contributed by atoms with E-state index in [9.17, 15) is 32.7 Å². The molecule has 0 bridgehead atoms. The molecule has 0 radical (unpaired) electrons. The van der Waals surface area contributed by atoms with Crippen LogP contribution in [0.1, 0.15) is 55.5 Å². The van der Waals surface area contributed by atoms with Crippen LogP contribution >= 0.6 is 0 Å². The predicted molar refractivity (Wildman–Crippen MR) is 116 cm³/mol. The van der Waals surface area contributed by atoms with Gasteiger partial charge in [-0.2, -0.15) is 22.8 Å². The Morgan fingerprint density at radius 2 is 2.00 bits per heavy atom. The fraction of sp³-hybridized carbons (Fsp3) is 0.545. The lowest BCUT2D eigenvalue weighted by Crippen LogP contribution is -2.43. The molecule has 9 nitrogen and oxygen atoms in total. The first kappa shape index (κ1) is 23.8. The number of carbonyl (C=O) groups excluding carboxylic acids is 2. The number of alkyl halides is 3. The molecule has 184 valence electrons. The molecular formula is C22H26F3N5O4. The van der Waals surface area contributed by atoms with Crippen molar-refractivity contribution in [3.05, 3.63) is 33.8 Å². The van der Waals surface area contributed by atoms with Crippen molar-refractivity contribution in [3.63, 3.8) is 0 Å². The predicted octanol–water partition coefficient (Wildman–Crippen LogP) is 2.32. The zero-order chi connectivity index (χ0) is 24.8. The fourth-order valence-corrected chi connectivity index (χ4v) is 4.18. The maximum atomic E-state index is 13.2. The van der Waals surface area contributed by atoms with Crippen molar-refractivity contribution in [2.75, 3.05) is 6.54 Å². The Kier molecular flexibility index (Phi) is 6.17. The van der Waals surface area contributed by atoms with E-state index < -0.39 is 41.0 Å². The maximum Gasteiger partial charge on any atom is 0.408 e. The number of amides is 2. The van der Waals surface area contributed by atoms with Gasteiger partial charge in [-0.05, 0) is 37.7 Å². The summed E-state index contributed by atoms with van der Waals surface area (Å²) in [4.78, 5) is 39.1. The van der Waals surface area contributed by atoms with Gasteiger partial charge in [0.25, 0.3) is 11.5 Å². The van der Waals surface area contributed by atoms with Crippen LogP contribution in [0.2, 0.25) is 0 Å². The summed E-state index contributed by atoms with van der Waals surface area (Å²) >= 11 is 0. The molecule has 3 heterocycles. The number of hydrogen-bond donors (Lipinski definition) is 2. The molecule has 0 aromatic carbocycles. The van der Waals surface area contributed by atoms with Crippen molar-refractivity contribution in [2.24, 2.45) is 5.92 Å². The van der Waals surface area contributed by atoms with Gasteiger partial charge in [-0.25, -0.2) is 0 Å². The number of aromatic hydroxyl groups is 1. The van der Waals surface area contributed by atoms with Gasteiger partial charge in [-0.15, -0.1) is 0 Å². The average molecular weight is 481 g/mol. The normalized spacial score (nSPS) is 19.0. The Labute approximate surface area is 192 Å². The van der Waals surface area contributed by atoms with Gasteiger partial charge in [-0.1, -0.05) is 13.8 Å². The largest absolute Gasteiger partial charge is 0.492 e. The highest BCUT2D eigenvalue weighted by molar-refractivity contribution is 5.97. The highest BCUT2D eigenvalue weighted by Gasteiger charge is 2.47. The van der Waals surface area contributed by atoms with Crippen molar-refractivity contribution >= 4 is 23.5 Å². The van der Waals surface area contributed by atoms with Gasteiger partial charge >= 0.3 is 6.18 Å². The number of hydrogen-bond acceptors (Lipinski definition) is 5. The minimum Gasteiger partial charge on any atom is -0.492 e. The molecule has 2 aromatic rings. The number of fused-ring (bicyclic) bond motifs is 1. The molecular weight excluding hydrogens is 455 g/mol. The van der Waals surface area contributed by atoms with Crippen LogP contribution in [0.25, 0.3) is 11.7 Å². The minimum absolute atomic E-state index is 0.000418. The minimum atomic E-state index is -4.51. The topological polar surface area (TPSA) is 109 Å². The number of aromatic nitrogens is 3. The lowest BCUT2D eigenvalue weighted by molar-refractivity contribution is -0.180. The summed E-state index contributed by atoms with van der Waals surface area (Å²) in [6, 6.07) is -1.86. The van der Waals surface area contributed by atoms with Gasteiger partial charge in [0, 0.05) is 30.8 Å². The molecule has 4 rings (SSSR count). The quantitative estimate of drug-likeness (QED) is 0.616. The van der Waals surface area contributed by atoms with Crippen LogP contribution < -0.4 is 10.9 Å². The first-order valence-electron chi connectivity index (χ1n) is 11.2. The Hall–Kier alpha value is -3.31. The molecule has 2 N–H and O–H groups in total. The molecule has 1 saturated carbocycles. The molecule has 12 heteroatoms. The second-order valence-electron chi connectivity index (χ2n) is 9.16. The van der Waals surface area contributed by atoms with Crippen molar-refractivity contribution in [1.29, 1.82) is 0 Å². The second-order valence-corrected chi connectivity index (χ2v) is 9.16. The molecule has 1 unspecified atom stereocenters. The van der Waals surface area contributed by atoms with E-state index in [-0.39, 0.29) is 49.1 Å². The third-order valence-corrected chi connectivity index (χ3v) is 5.92. The molecule has 0 spiro atoms. The smallest absolute Gasteiger partial charge is 0.408 e. The molecule has 1 aliphatic heterocycles. The molecule has 1 saturated heterocycles. The van der Waals surface area contributed by atoms with Crippen molar-refractivity contribution in [1.82, 2.24) is 24.4 Å². The average Bonchev–Trinajstić information content (AvgIpc) is 3.25. The van der Waals surface area contributed by atoms with E-state index in [1.165, 1.54) is 16.8 Å². The van der Waals surface area contributed by atoms with Crippen LogP contribution in [-0.2, 0) is 11.3 Å². The van der Waals surface area contributed by atoms with Gasteiger partial charge < -0.3 is 15.3 Å². The van der Waals surface area contributed by atoms with Crippen LogP contribution in [0, 0.1) is 5.92 Å². The number of halogens is 3. The zero-order valence-corrected chi connectivity index (χ0v) is 18.8. The van der Waals surface area contributed by atoms with Crippen LogP contribution in [-0.4, -0.2) is 60.8 Å². The van der Waals surface area contributed by atoms with Crippen LogP contribution in [0.3, 0.4) is 0 Å². The monoisotopic (exact) mass is 481 g/mol. The van der Waals surface area contributed by atoms with Gasteiger partial charge in [0.15, 0.2) is 5.56 Å². The summed E-state index contributed by atoms with van der Waals surface area (Å²) in [6.45, 7) is 3.91. The number of likely N-dealkylation sites (tertiary alicyclic amines) is 1. The van der Waals surface area contributed by atoms with Gasteiger partial charge in [0.2, 0.25) is 11.8 Å². The summed E-state index contributed by atoms with van der Waals surface area (Å²) < 4.78 is 42.0. The Morgan fingerprint density at radius 3 is 2.62 bits per heavy atom. The van der Waals surface area contributed by atoms with Crippen molar-refractivity contribution in [3.8, 4) is 5.88 Å². The molecule has 34 heavy (non-hydrogen) atoms.